The van der Waals surface area contributed by atoms with Crippen LogP contribution in [-0.4, -0.2) is 46.5 Å². The summed E-state index contributed by atoms with van der Waals surface area (Å²) in [6.45, 7) is 6.09. The van der Waals surface area contributed by atoms with Crippen molar-refractivity contribution in [3.8, 4) is 11.6 Å². The topological polar surface area (TPSA) is 58.6 Å². The van der Waals surface area contributed by atoms with Gasteiger partial charge in [0, 0.05) is 42.3 Å². The molecule has 1 saturated heterocycles. The van der Waals surface area contributed by atoms with Crippen molar-refractivity contribution in [3.05, 3.63) is 77.1 Å². The highest BCUT2D eigenvalue weighted by Gasteiger charge is 2.29. The molecule has 0 saturated carbocycles. The first-order valence-corrected chi connectivity index (χ1v) is 10.3. The van der Waals surface area contributed by atoms with Crippen molar-refractivity contribution < 1.29 is 9.53 Å². The quantitative estimate of drug-likeness (QED) is 0.615. The highest BCUT2D eigenvalue weighted by Crippen LogP contribution is 2.25. The number of carbonyl (C=O) groups excluding carboxylic acids is 1. The van der Waals surface area contributed by atoms with Crippen LogP contribution in [0.3, 0.4) is 0 Å². The number of amides is 1. The van der Waals surface area contributed by atoms with E-state index in [9.17, 15) is 4.79 Å². The van der Waals surface area contributed by atoms with Crippen molar-refractivity contribution in [3.63, 3.8) is 0 Å². The number of anilines is 1. The maximum atomic E-state index is 12.9. The number of aryl methyl sites for hydroxylation is 1. The minimum absolute atomic E-state index is 0.0585. The molecule has 4 rings (SSSR count). The molecule has 0 bridgehead atoms. The zero-order chi connectivity index (χ0) is 21.1. The Hall–Kier alpha value is -3.12. The molecule has 1 amide bonds. The second kappa shape index (κ2) is 8.71. The summed E-state index contributed by atoms with van der Waals surface area (Å²) in [6.07, 6.45) is 1.50. The van der Waals surface area contributed by atoms with Crippen LogP contribution in [0.5, 0.6) is 11.6 Å². The van der Waals surface area contributed by atoms with E-state index in [4.69, 9.17) is 16.3 Å². The van der Waals surface area contributed by atoms with E-state index < -0.39 is 0 Å². The maximum absolute atomic E-state index is 12.9. The Balaban J connectivity index is 1.43. The monoisotopic (exact) mass is 422 g/mol. The van der Waals surface area contributed by atoms with Crippen LogP contribution in [0.25, 0.3) is 0 Å². The third-order valence-electron chi connectivity index (χ3n) is 5.17. The Bertz CT molecular complexity index is 1020. The third kappa shape index (κ3) is 4.54. The summed E-state index contributed by atoms with van der Waals surface area (Å²) in [6, 6.07) is 16.7. The number of rotatable bonds is 4. The van der Waals surface area contributed by atoms with Gasteiger partial charge < -0.3 is 14.5 Å². The molecule has 2 aromatic carbocycles. The van der Waals surface area contributed by atoms with Gasteiger partial charge in [0.2, 0.25) is 5.88 Å². The summed E-state index contributed by atoms with van der Waals surface area (Å²) in [5.41, 5.74) is 1.87. The molecule has 1 aromatic heterocycles. The van der Waals surface area contributed by atoms with Crippen LogP contribution in [0.2, 0.25) is 5.02 Å². The van der Waals surface area contributed by atoms with E-state index in [1.807, 2.05) is 42.2 Å². The molecule has 0 spiro atoms. The molecule has 3 aromatic rings. The summed E-state index contributed by atoms with van der Waals surface area (Å²) in [5.74, 6) is 1.97. The van der Waals surface area contributed by atoms with Gasteiger partial charge in [-0.2, -0.15) is 0 Å². The van der Waals surface area contributed by atoms with Crippen LogP contribution < -0.4 is 9.64 Å². The molecule has 0 unspecified atom stereocenters. The van der Waals surface area contributed by atoms with Crippen molar-refractivity contribution >= 4 is 23.3 Å². The van der Waals surface area contributed by atoms with Gasteiger partial charge in [-0.25, -0.2) is 9.97 Å². The number of hydrogen-bond acceptors (Lipinski definition) is 5. The van der Waals surface area contributed by atoms with E-state index in [0.717, 1.165) is 16.9 Å². The Labute approximate surface area is 181 Å². The molecule has 7 heteroatoms. The molecule has 6 nitrogen and oxygen atoms in total. The van der Waals surface area contributed by atoms with Crippen LogP contribution in [0, 0.1) is 6.92 Å². The standard InChI is InChI=1S/C23H23ClN4O2/c1-16-3-5-18(6-4-16)23(29)28-12-11-27(14-17(28)2)21-13-22(26-15-25-21)30-20-9-7-19(24)8-10-20/h3-10,13,15,17H,11-12,14H2,1-2H3/t17-/m0/s1. The number of nitrogens with zero attached hydrogens (tertiary/aromatic N) is 4. The molecular weight excluding hydrogens is 400 g/mol. The van der Waals surface area contributed by atoms with Gasteiger partial charge in [0.05, 0.1) is 0 Å². The zero-order valence-corrected chi connectivity index (χ0v) is 17.7. The van der Waals surface area contributed by atoms with Gasteiger partial charge >= 0.3 is 0 Å². The van der Waals surface area contributed by atoms with Crippen LogP contribution >= 0.6 is 11.6 Å². The van der Waals surface area contributed by atoms with Crippen molar-refractivity contribution in [2.45, 2.75) is 19.9 Å². The number of carbonyl (C=O) groups is 1. The average molecular weight is 423 g/mol. The highest BCUT2D eigenvalue weighted by atomic mass is 35.5. The van der Waals surface area contributed by atoms with Crippen LogP contribution in [0.1, 0.15) is 22.8 Å². The van der Waals surface area contributed by atoms with E-state index in [1.165, 1.54) is 6.33 Å². The van der Waals surface area contributed by atoms with Crippen LogP contribution in [0.4, 0.5) is 5.82 Å². The van der Waals surface area contributed by atoms with Gasteiger partial charge in [-0.05, 0) is 50.2 Å². The van der Waals surface area contributed by atoms with Gasteiger partial charge in [-0.3, -0.25) is 4.79 Å². The van der Waals surface area contributed by atoms with Crippen molar-refractivity contribution in [2.24, 2.45) is 0 Å². The summed E-state index contributed by atoms with van der Waals surface area (Å²) >= 11 is 5.92. The first-order chi connectivity index (χ1) is 14.5. The summed E-state index contributed by atoms with van der Waals surface area (Å²) in [4.78, 5) is 25.6. The van der Waals surface area contributed by atoms with Gasteiger partial charge in [0.25, 0.3) is 5.91 Å². The number of ether oxygens (including phenoxy) is 1. The SMILES string of the molecule is Cc1ccc(C(=O)N2CCN(c3cc(Oc4ccc(Cl)cc4)ncn3)C[C@@H]2C)cc1. The number of halogens is 1. The van der Waals surface area contributed by atoms with Crippen molar-refractivity contribution in [1.82, 2.24) is 14.9 Å². The van der Waals surface area contributed by atoms with E-state index in [0.29, 0.717) is 36.3 Å². The third-order valence-corrected chi connectivity index (χ3v) is 5.43. The minimum atomic E-state index is 0.0585. The lowest BCUT2D eigenvalue weighted by atomic mass is 10.1. The fourth-order valence-corrected chi connectivity index (χ4v) is 3.64. The molecule has 1 aliphatic rings. The van der Waals surface area contributed by atoms with E-state index in [1.54, 1.807) is 24.3 Å². The number of benzene rings is 2. The molecule has 1 aliphatic heterocycles. The van der Waals surface area contributed by atoms with E-state index >= 15 is 0 Å². The number of aromatic nitrogens is 2. The average Bonchev–Trinajstić information content (AvgIpc) is 2.75. The number of hydrogen-bond donors (Lipinski definition) is 0. The molecule has 0 aliphatic carbocycles. The van der Waals surface area contributed by atoms with Crippen LogP contribution in [0.15, 0.2) is 60.9 Å². The fourth-order valence-electron chi connectivity index (χ4n) is 3.51. The molecule has 1 fully saturated rings. The normalized spacial score (nSPS) is 16.4. The molecule has 0 N–H and O–H groups in total. The summed E-state index contributed by atoms with van der Waals surface area (Å²) in [5, 5.41) is 0.651. The second-order valence-electron chi connectivity index (χ2n) is 7.43. The first-order valence-electron chi connectivity index (χ1n) is 9.87. The molecule has 0 radical (unpaired) electrons. The van der Waals surface area contributed by atoms with Crippen molar-refractivity contribution in [1.29, 1.82) is 0 Å². The Kier molecular flexibility index (Phi) is 5.86. The lowest BCUT2D eigenvalue weighted by Crippen LogP contribution is -2.54. The maximum Gasteiger partial charge on any atom is 0.254 e. The predicted octanol–water partition coefficient (Wildman–Crippen LogP) is 4.58. The smallest absolute Gasteiger partial charge is 0.254 e. The predicted molar refractivity (Wildman–Crippen MR) is 117 cm³/mol. The molecule has 154 valence electrons. The lowest BCUT2D eigenvalue weighted by Gasteiger charge is -2.40. The fraction of sp³-hybridized carbons (Fsp3) is 0.261. The summed E-state index contributed by atoms with van der Waals surface area (Å²) < 4.78 is 5.82. The molecular formula is C23H23ClN4O2. The minimum Gasteiger partial charge on any atom is -0.439 e. The lowest BCUT2D eigenvalue weighted by molar-refractivity contribution is 0.0673. The van der Waals surface area contributed by atoms with Gasteiger partial charge in [0.1, 0.15) is 17.9 Å². The first kappa shape index (κ1) is 20.2. The second-order valence-corrected chi connectivity index (χ2v) is 7.87. The van der Waals surface area contributed by atoms with Gasteiger partial charge in [-0.15, -0.1) is 0 Å². The van der Waals surface area contributed by atoms with Gasteiger partial charge in [0.15, 0.2) is 0 Å². The van der Waals surface area contributed by atoms with Crippen LogP contribution in [-0.2, 0) is 0 Å². The molecule has 30 heavy (non-hydrogen) atoms. The Morgan fingerprint density at radius 1 is 1.07 bits per heavy atom. The number of piperazine rings is 1. The summed E-state index contributed by atoms with van der Waals surface area (Å²) in [7, 11) is 0. The van der Waals surface area contributed by atoms with Gasteiger partial charge in [-0.1, -0.05) is 29.3 Å². The highest BCUT2D eigenvalue weighted by molar-refractivity contribution is 6.30. The molecule has 1 atom stereocenters. The zero-order valence-electron chi connectivity index (χ0n) is 17.0. The molecule has 2 heterocycles. The Morgan fingerprint density at radius 2 is 1.80 bits per heavy atom. The van der Waals surface area contributed by atoms with Crippen molar-refractivity contribution in [2.75, 3.05) is 24.5 Å². The van der Waals surface area contributed by atoms with E-state index in [2.05, 4.69) is 21.8 Å². The largest absolute Gasteiger partial charge is 0.439 e. The Morgan fingerprint density at radius 3 is 2.50 bits per heavy atom. The van der Waals surface area contributed by atoms with E-state index in [-0.39, 0.29) is 11.9 Å².